The molecule has 1 saturated heterocycles. The zero-order chi connectivity index (χ0) is 20.9. The van der Waals surface area contributed by atoms with Crippen molar-refractivity contribution in [2.24, 2.45) is 10.9 Å². The number of likely N-dealkylation sites (tertiary alicyclic amines) is 1. The molecule has 7 nitrogen and oxygen atoms in total. The number of halogens is 1. The fourth-order valence-corrected chi connectivity index (χ4v) is 3.72. The van der Waals surface area contributed by atoms with Gasteiger partial charge in [-0.1, -0.05) is 32.8 Å². The van der Waals surface area contributed by atoms with E-state index >= 15 is 0 Å². The second-order valence-corrected chi connectivity index (χ2v) is 7.88. The Morgan fingerprint density at radius 3 is 2.53 bits per heavy atom. The molecule has 172 valence electrons. The summed E-state index contributed by atoms with van der Waals surface area (Å²) in [6, 6.07) is 4.45. The van der Waals surface area contributed by atoms with Crippen molar-refractivity contribution in [2.45, 2.75) is 52.1 Å². The maximum absolute atomic E-state index is 5.72. The zero-order valence-corrected chi connectivity index (χ0v) is 21.4. The average molecular weight is 533 g/mol. The lowest BCUT2D eigenvalue weighted by Crippen LogP contribution is -2.49. The number of aliphatic imine (C=N–C) groups is 1. The van der Waals surface area contributed by atoms with E-state index < -0.39 is 0 Å². The van der Waals surface area contributed by atoms with Gasteiger partial charge < -0.3 is 20.1 Å². The van der Waals surface area contributed by atoms with Crippen LogP contribution in [0, 0.1) is 5.92 Å². The zero-order valence-electron chi connectivity index (χ0n) is 19.0. The van der Waals surface area contributed by atoms with Gasteiger partial charge in [-0.2, -0.15) is 0 Å². The van der Waals surface area contributed by atoms with Crippen molar-refractivity contribution in [2.75, 3.05) is 47.0 Å². The maximum Gasteiger partial charge on any atom is 0.218 e. The lowest BCUT2D eigenvalue weighted by molar-refractivity contribution is 0.143. The largest absolute Gasteiger partial charge is 0.475 e. The molecule has 30 heavy (non-hydrogen) atoms. The van der Waals surface area contributed by atoms with Crippen molar-refractivity contribution in [1.82, 2.24) is 20.5 Å². The minimum atomic E-state index is 0. The number of aromatic nitrogens is 1. The summed E-state index contributed by atoms with van der Waals surface area (Å²) in [7, 11) is 3.47. The van der Waals surface area contributed by atoms with Gasteiger partial charge in [-0.05, 0) is 37.9 Å². The number of nitrogens with zero attached hydrogens (tertiary/aromatic N) is 3. The van der Waals surface area contributed by atoms with Crippen molar-refractivity contribution in [3.05, 3.63) is 23.9 Å². The van der Waals surface area contributed by atoms with E-state index in [4.69, 9.17) is 9.47 Å². The van der Waals surface area contributed by atoms with Gasteiger partial charge in [0.25, 0.3) is 0 Å². The summed E-state index contributed by atoms with van der Waals surface area (Å²) < 4.78 is 10.8. The van der Waals surface area contributed by atoms with E-state index in [2.05, 4.69) is 39.4 Å². The molecular formula is C22H40IN5O2. The van der Waals surface area contributed by atoms with E-state index in [1.54, 1.807) is 13.3 Å². The Morgan fingerprint density at radius 1 is 1.17 bits per heavy atom. The van der Waals surface area contributed by atoms with Crippen LogP contribution in [0.25, 0.3) is 0 Å². The van der Waals surface area contributed by atoms with Gasteiger partial charge in [0.1, 0.15) is 6.61 Å². The minimum Gasteiger partial charge on any atom is -0.475 e. The summed E-state index contributed by atoms with van der Waals surface area (Å²) >= 11 is 0. The van der Waals surface area contributed by atoms with Crippen LogP contribution in [0.5, 0.6) is 5.88 Å². The number of guanidine groups is 1. The lowest BCUT2D eigenvalue weighted by atomic mass is 10.0. The molecule has 0 aliphatic carbocycles. The summed E-state index contributed by atoms with van der Waals surface area (Å²) in [6.07, 6.45) is 7.08. The molecule has 1 aliphatic rings. The van der Waals surface area contributed by atoms with Crippen LogP contribution < -0.4 is 15.4 Å². The normalized spacial score (nSPS) is 16.5. The average Bonchev–Trinajstić information content (AvgIpc) is 3.00. The molecule has 2 N–H and O–H groups in total. The highest BCUT2D eigenvalue weighted by molar-refractivity contribution is 14.0. The molecule has 0 spiro atoms. The molecule has 0 radical (unpaired) electrons. The van der Waals surface area contributed by atoms with Gasteiger partial charge in [-0.25, -0.2) is 4.98 Å². The highest BCUT2D eigenvalue weighted by Gasteiger charge is 2.22. The summed E-state index contributed by atoms with van der Waals surface area (Å²) in [4.78, 5) is 11.4. The third kappa shape index (κ3) is 9.34. The summed E-state index contributed by atoms with van der Waals surface area (Å²) in [5.74, 6) is 2.03. The molecule has 1 unspecified atom stereocenters. The summed E-state index contributed by atoms with van der Waals surface area (Å²) in [6.45, 7) is 9.55. The first-order chi connectivity index (χ1) is 14.2. The summed E-state index contributed by atoms with van der Waals surface area (Å²) in [5, 5.41) is 6.92. The van der Waals surface area contributed by atoms with Gasteiger partial charge in [0, 0.05) is 45.0 Å². The van der Waals surface area contributed by atoms with E-state index in [9.17, 15) is 0 Å². The van der Waals surface area contributed by atoms with Crippen molar-refractivity contribution in [3.63, 3.8) is 0 Å². The minimum absolute atomic E-state index is 0. The Bertz CT molecular complexity index is 607. The number of hydrogen-bond donors (Lipinski definition) is 2. The highest BCUT2D eigenvalue weighted by atomic mass is 127. The fraction of sp³-hybridized carbons (Fsp3) is 0.727. The maximum atomic E-state index is 5.72. The van der Waals surface area contributed by atoms with Crippen molar-refractivity contribution < 1.29 is 9.47 Å². The van der Waals surface area contributed by atoms with E-state index in [1.165, 1.54) is 38.8 Å². The van der Waals surface area contributed by atoms with Crippen LogP contribution in [0.3, 0.4) is 0 Å². The van der Waals surface area contributed by atoms with Gasteiger partial charge in [0.15, 0.2) is 5.96 Å². The number of ether oxygens (including phenoxy) is 2. The van der Waals surface area contributed by atoms with Crippen LogP contribution in [0.4, 0.5) is 0 Å². The molecular weight excluding hydrogens is 493 g/mol. The first-order valence-corrected chi connectivity index (χ1v) is 10.9. The van der Waals surface area contributed by atoms with Crippen LogP contribution in [0.15, 0.2) is 23.3 Å². The number of hydrogen-bond acceptors (Lipinski definition) is 5. The Hall–Kier alpha value is -1.13. The molecule has 1 aliphatic heterocycles. The summed E-state index contributed by atoms with van der Waals surface area (Å²) in [5.41, 5.74) is 1.000. The SMILES string of the molecule is CN=C(NCc1cccnc1OCCOC)NCC(C(C)C)N1CCCCCC1.I. The van der Waals surface area contributed by atoms with Crippen molar-refractivity contribution >= 4 is 29.9 Å². The topological polar surface area (TPSA) is 71.0 Å². The molecule has 0 aromatic carbocycles. The molecule has 1 fully saturated rings. The molecule has 1 aromatic heterocycles. The monoisotopic (exact) mass is 533 g/mol. The Balaban J connectivity index is 0.00000450. The van der Waals surface area contributed by atoms with Crippen LogP contribution in [0.2, 0.25) is 0 Å². The second kappa shape index (κ2) is 15.6. The molecule has 0 bridgehead atoms. The molecule has 2 heterocycles. The third-order valence-corrected chi connectivity index (χ3v) is 5.40. The predicted octanol–water partition coefficient (Wildman–Crippen LogP) is 3.29. The third-order valence-electron chi connectivity index (χ3n) is 5.40. The van der Waals surface area contributed by atoms with E-state index in [-0.39, 0.29) is 24.0 Å². The molecule has 1 aromatic rings. The van der Waals surface area contributed by atoms with Crippen molar-refractivity contribution in [1.29, 1.82) is 0 Å². The van der Waals surface area contributed by atoms with Gasteiger partial charge in [-0.15, -0.1) is 24.0 Å². The molecule has 2 rings (SSSR count). The molecule has 1 atom stereocenters. The van der Waals surface area contributed by atoms with Crippen LogP contribution in [-0.4, -0.2) is 68.9 Å². The predicted molar refractivity (Wildman–Crippen MR) is 134 cm³/mol. The number of pyridine rings is 1. The number of methoxy groups -OCH3 is 1. The fourth-order valence-electron chi connectivity index (χ4n) is 3.72. The smallest absolute Gasteiger partial charge is 0.218 e. The Kier molecular flexibility index (Phi) is 14.0. The molecule has 0 saturated carbocycles. The van der Waals surface area contributed by atoms with Gasteiger partial charge in [-0.3, -0.25) is 9.89 Å². The van der Waals surface area contributed by atoms with Crippen LogP contribution in [-0.2, 0) is 11.3 Å². The van der Waals surface area contributed by atoms with Gasteiger partial charge in [0.2, 0.25) is 5.88 Å². The standard InChI is InChI=1S/C22H39N5O2.HI/c1-18(2)20(27-12-7-5-6-8-13-27)17-26-22(23-3)25-16-19-10-9-11-24-21(19)29-15-14-28-4;/h9-11,18,20H,5-8,12-17H2,1-4H3,(H2,23,25,26);1H. The van der Waals surface area contributed by atoms with Crippen LogP contribution >= 0.6 is 24.0 Å². The van der Waals surface area contributed by atoms with Gasteiger partial charge >= 0.3 is 0 Å². The first kappa shape index (κ1) is 26.9. The number of rotatable bonds is 10. The Labute approximate surface area is 199 Å². The van der Waals surface area contributed by atoms with E-state index in [0.717, 1.165) is 18.1 Å². The van der Waals surface area contributed by atoms with E-state index in [1.807, 2.05) is 19.2 Å². The van der Waals surface area contributed by atoms with E-state index in [0.29, 0.717) is 37.6 Å². The highest BCUT2D eigenvalue weighted by Crippen LogP contribution is 2.17. The Morgan fingerprint density at radius 2 is 1.90 bits per heavy atom. The lowest BCUT2D eigenvalue weighted by Gasteiger charge is -2.34. The molecule has 8 heteroatoms. The number of nitrogens with one attached hydrogen (secondary N) is 2. The van der Waals surface area contributed by atoms with Crippen molar-refractivity contribution in [3.8, 4) is 5.88 Å². The second-order valence-electron chi connectivity index (χ2n) is 7.88. The van der Waals surface area contributed by atoms with Crippen LogP contribution in [0.1, 0.15) is 45.1 Å². The first-order valence-electron chi connectivity index (χ1n) is 10.9. The quantitative estimate of drug-likeness (QED) is 0.208. The van der Waals surface area contributed by atoms with Gasteiger partial charge in [0.05, 0.1) is 6.61 Å². The molecule has 0 amide bonds.